The quantitative estimate of drug-likeness (QED) is 0.670. The molecule has 3 nitrogen and oxygen atoms in total. The zero-order chi connectivity index (χ0) is 17.8. The normalized spacial score (nSPS) is 10.4. The van der Waals surface area contributed by atoms with Crippen molar-refractivity contribution in [2.45, 2.75) is 20.8 Å². The summed E-state index contributed by atoms with van der Waals surface area (Å²) in [6.45, 7) is 6.02. The molecule has 0 aromatic heterocycles. The average molecular weight is 331 g/mol. The van der Waals surface area contributed by atoms with E-state index in [1.165, 1.54) is 5.56 Å². The van der Waals surface area contributed by atoms with Crippen LogP contribution in [0.25, 0.3) is 0 Å². The molecule has 0 saturated carbocycles. The molecule has 0 fully saturated rings. The van der Waals surface area contributed by atoms with Crippen LogP contribution in [-0.2, 0) is 0 Å². The summed E-state index contributed by atoms with van der Waals surface area (Å²) in [4.78, 5) is 12.4. The molecule has 1 amide bonds. The molecule has 0 radical (unpaired) electrons. The molecule has 25 heavy (non-hydrogen) atoms. The van der Waals surface area contributed by atoms with Crippen LogP contribution in [0.15, 0.2) is 66.7 Å². The van der Waals surface area contributed by atoms with Gasteiger partial charge in [-0.15, -0.1) is 0 Å². The van der Waals surface area contributed by atoms with E-state index in [0.29, 0.717) is 11.3 Å². The maximum atomic E-state index is 12.4. The molecule has 0 atom stereocenters. The van der Waals surface area contributed by atoms with Crippen LogP contribution in [0.1, 0.15) is 27.0 Å². The predicted molar refractivity (Wildman–Crippen MR) is 102 cm³/mol. The lowest BCUT2D eigenvalue weighted by Gasteiger charge is -2.10. The number of hydrogen-bond donors (Lipinski definition) is 1. The van der Waals surface area contributed by atoms with Crippen LogP contribution in [0.4, 0.5) is 5.69 Å². The van der Waals surface area contributed by atoms with Crippen molar-refractivity contribution in [1.29, 1.82) is 0 Å². The summed E-state index contributed by atoms with van der Waals surface area (Å²) in [7, 11) is 0. The van der Waals surface area contributed by atoms with Gasteiger partial charge >= 0.3 is 0 Å². The van der Waals surface area contributed by atoms with Gasteiger partial charge in [-0.05, 0) is 74.4 Å². The van der Waals surface area contributed by atoms with Gasteiger partial charge < -0.3 is 10.1 Å². The lowest BCUT2D eigenvalue weighted by molar-refractivity contribution is 0.102. The van der Waals surface area contributed by atoms with Crippen molar-refractivity contribution in [3.8, 4) is 11.5 Å². The maximum Gasteiger partial charge on any atom is 0.255 e. The Morgan fingerprint density at radius 3 is 1.96 bits per heavy atom. The van der Waals surface area contributed by atoms with Crippen molar-refractivity contribution in [2.24, 2.45) is 0 Å². The number of hydrogen-bond acceptors (Lipinski definition) is 2. The first-order valence-corrected chi connectivity index (χ1v) is 8.24. The third-order valence-electron chi connectivity index (χ3n) is 4.01. The Morgan fingerprint density at radius 2 is 1.32 bits per heavy atom. The number of carbonyl (C=O) groups is 1. The minimum absolute atomic E-state index is 0.129. The van der Waals surface area contributed by atoms with Crippen LogP contribution in [-0.4, -0.2) is 5.91 Å². The van der Waals surface area contributed by atoms with Crippen LogP contribution < -0.4 is 10.1 Å². The van der Waals surface area contributed by atoms with E-state index < -0.39 is 0 Å². The van der Waals surface area contributed by atoms with Gasteiger partial charge in [0.25, 0.3) is 5.91 Å². The number of benzene rings is 3. The molecule has 3 aromatic carbocycles. The number of anilines is 1. The van der Waals surface area contributed by atoms with Gasteiger partial charge in [0.1, 0.15) is 11.5 Å². The number of amides is 1. The summed E-state index contributed by atoms with van der Waals surface area (Å²) in [6.07, 6.45) is 0. The van der Waals surface area contributed by atoms with Gasteiger partial charge in [0, 0.05) is 11.3 Å². The first-order valence-electron chi connectivity index (χ1n) is 8.24. The summed E-state index contributed by atoms with van der Waals surface area (Å²) >= 11 is 0. The highest BCUT2D eigenvalue weighted by molar-refractivity contribution is 6.04. The van der Waals surface area contributed by atoms with E-state index in [4.69, 9.17) is 4.74 Å². The van der Waals surface area contributed by atoms with Gasteiger partial charge in [0.15, 0.2) is 0 Å². The highest BCUT2D eigenvalue weighted by Gasteiger charge is 2.08. The minimum Gasteiger partial charge on any atom is -0.457 e. The van der Waals surface area contributed by atoms with Gasteiger partial charge in [-0.3, -0.25) is 4.79 Å². The standard InChI is InChI=1S/C22H21NO2/c1-15-5-10-19(11-6-15)25-20-12-8-18(9-13-20)22(24)23-21-14-16(2)4-7-17(21)3/h4-14H,1-3H3,(H,23,24). The Hall–Kier alpha value is -3.07. The second-order valence-electron chi connectivity index (χ2n) is 6.21. The fraction of sp³-hybridized carbons (Fsp3) is 0.136. The van der Waals surface area contributed by atoms with Gasteiger partial charge in [0.05, 0.1) is 0 Å². The molecule has 3 rings (SSSR count). The number of nitrogens with one attached hydrogen (secondary N) is 1. The number of aryl methyl sites for hydroxylation is 3. The molecule has 3 aromatic rings. The van der Waals surface area contributed by atoms with E-state index in [2.05, 4.69) is 5.32 Å². The molecule has 1 N–H and O–H groups in total. The van der Waals surface area contributed by atoms with E-state index >= 15 is 0 Å². The monoisotopic (exact) mass is 331 g/mol. The molecule has 3 heteroatoms. The fourth-order valence-electron chi connectivity index (χ4n) is 2.48. The molecular formula is C22H21NO2. The Balaban J connectivity index is 1.70. The smallest absolute Gasteiger partial charge is 0.255 e. The predicted octanol–water partition coefficient (Wildman–Crippen LogP) is 5.66. The fourth-order valence-corrected chi connectivity index (χ4v) is 2.48. The summed E-state index contributed by atoms with van der Waals surface area (Å²) in [5.74, 6) is 1.35. The topological polar surface area (TPSA) is 38.3 Å². The van der Waals surface area contributed by atoms with Crippen LogP contribution in [0.2, 0.25) is 0 Å². The Kier molecular flexibility index (Phi) is 4.85. The molecule has 0 aliphatic carbocycles. The Bertz CT molecular complexity index is 881. The molecule has 0 aliphatic heterocycles. The minimum atomic E-state index is -0.129. The molecule has 0 saturated heterocycles. The van der Waals surface area contributed by atoms with Crippen molar-refractivity contribution in [3.05, 3.63) is 89.0 Å². The van der Waals surface area contributed by atoms with Gasteiger partial charge in [-0.1, -0.05) is 29.8 Å². The lowest BCUT2D eigenvalue weighted by atomic mass is 10.1. The first kappa shape index (κ1) is 16.8. The Labute approximate surface area is 148 Å². The van der Waals surface area contributed by atoms with Crippen molar-refractivity contribution in [1.82, 2.24) is 0 Å². The van der Waals surface area contributed by atoms with Crippen molar-refractivity contribution in [3.63, 3.8) is 0 Å². The molecule has 0 heterocycles. The van der Waals surface area contributed by atoms with Gasteiger partial charge in [-0.2, -0.15) is 0 Å². The zero-order valence-corrected chi connectivity index (χ0v) is 14.7. The highest BCUT2D eigenvalue weighted by atomic mass is 16.5. The van der Waals surface area contributed by atoms with E-state index in [1.807, 2.05) is 63.2 Å². The van der Waals surface area contributed by atoms with Gasteiger partial charge in [-0.25, -0.2) is 0 Å². The maximum absolute atomic E-state index is 12.4. The number of carbonyl (C=O) groups excluding carboxylic acids is 1. The van der Waals surface area contributed by atoms with E-state index in [-0.39, 0.29) is 5.91 Å². The summed E-state index contributed by atoms with van der Waals surface area (Å²) in [5, 5.41) is 2.96. The lowest BCUT2D eigenvalue weighted by Crippen LogP contribution is -2.12. The molecule has 126 valence electrons. The number of rotatable bonds is 4. The highest BCUT2D eigenvalue weighted by Crippen LogP contribution is 2.23. The summed E-state index contributed by atoms with van der Waals surface area (Å²) < 4.78 is 5.79. The summed E-state index contributed by atoms with van der Waals surface area (Å²) in [6, 6.07) is 21.0. The van der Waals surface area contributed by atoms with E-state index in [0.717, 1.165) is 22.6 Å². The van der Waals surface area contributed by atoms with Crippen LogP contribution in [0.5, 0.6) is 11.5 Å². The molecule has 0 bridgehead atoms. The van der Waals surface area contributed by atoms with Crippen LogP contribution in [0, 0.1) is 20.8 Å². The SMILES string of the molecule is Cc1ccc(Oc2ccc(C(=O)Nc3cc(C)ccc3C)cc2)cc1. The number of ether oxygens (including phenoxy) is 1. The molecule has 0 spiro atoms. The van der Waals surface area contributed by atoms with Crippen molar-refractivity contribution >= 4 is 11.6 Å². The summed E-state index contributed by atoms with van der Waals surface area (Å²) in [5.41, 5.74) is 4.77. The third-order valence-corrected chi connectivity index (χ3v) is 4.01. The Morgan fingerprint density at radius 1 is 0.760 bits per heavy atom. The zero-order valence-electron chi connectivity index (χ0n) is 14.7. The van der Waals surface area contributed by atoms with E-state index in [1.54, 1.807) is 24.3 Å². The molecular weight excluding hydrogens is 310 g/mol. The van der Waals surface area contributed by atoms with E-state index in [9.17, 15) is 4.79 Å². The van der Waals surface area contributed by atoms with Crippen molar-refractivity contribution in [2.75, 3.05) is 5.32 Å². The molecule has 0 unspecified atom stereocenters. The van der Waals surface area contributed by atoms with Crippen molar-refractivity contribution < 1.29 is 9.53 Å². The average Bonchev–Trinajstić information content (AvgIpc) is 2.61. The van der Waals surface area contributed by atoms with Crippen LogP contribution in [0.3, 0.4) is 0 Å². The second kappa shape index (κ2) is 7.22. The third kappa shape index (κ3) is 4.27. The molecule has 0 aliphatic rings. The van der Waals surface area contributed by atoms with Gasteiger partial charge in [0.2, 0.25) is 0 Å². The first-order chi connectivity index (χ1) is 12.0. The second-order valence-corrected chi connectivity index (χ2v) is 6.21. The van der Waals surface area contributed by atoms with Crippen LogP contribution >= 0.6 is 0 Å². The largest absolute Gasteiger partial charge is 0.457 e.